The Labute approximate surface area is 172 Å². The van der Waals surface area contributed by atoms with E-state index in [-0.39, 0.29) is 16.8 Å². The van der Waals surface area contributed by atoms with Crippen LogP contribution < -0.4 is 20.2 Å². The van der Waals surface area contributed by atoms with Crippen LogP contribution in [0.4, 0.5) is 0 Å². The Morgan fingerprint density at radius 2 is 1.90 bits per heavy atom. The third-order valence-corrected chi connectivity index (χ3v) is 4.96. The van der Waals surface area contributed by atoms with Gasteiger partial charge < -0.3 is 19.2 Å². The lowest BCUT2D eigenvalue weighted by molar-refractivity contribution is 0.0938. The van der Waals surface area contributed by atoms with Crippen LogP contribution in [0.5, 0.6) is 11.5 Å². The summed E-state index contributed by atoms with van der Waals surface area (Å²) in [4.78, 5) is 25.7. The van der Waals surface area contributed by atoms with Gasteiger partial charge in [-0.2, -0.15) is 0 Å². The van der Waals surface area contributed by atoms with Gasteiger partial charge in [-0.1, -0.05) is 24.6 Å². The van der Waals surface area contributed by atoms with Crippen molar-refractivity contribution in [2.24, 2.45) is 0 Å². The van der Waals surface area contributed by atoms with Crippen LogP contribution in [0, 0.1) is 0 Å². The number of rotatable bonds is 6. The van der Waals surface area contributed by atoms with E-state index in [0.717, 1.165) is 6.42 Å². The number of nitrogens with one attached hydrogen (secondary N) is 1. The second-order valence-corrected chi connectivity index (χ2v) is 7.15. The molecule has 0 saturated heterocycles. The molecule has 1 aliphatic rings. The first-order valence-corrected chi connectivity index (χ1v) is 9.88. The highest BCUT2D eigenvalue weighted by atomic mass is 35.5. The molecule has 4 rings (SSSR count). The molecule has 1 aromatic heterocycles. The van der Waals surface area contributed by atoms with E-state index >= 15 is 0 Å². The number of benzene rings is 2. The number of ether oxygens (including phenoxy) is 2. The number of carbonyl (C=O) groups is 1. The van der Waals surface area contributed by atoms with Crippen molar-refractivity contribution in [2.75, 3.05) is 13.2 Å². The van der Waals surface area contributed by atoms with Gasteiger partial charge in [-0.15, -0.1) is 0 Å². The second-order valence-electron chi connectivity index (χ2n) is 6.71. The Kier molecular flexibility index (Phi) is 5.20. The third kappa shape index (κ3) is 3.44. The SMILES string of the molecule is CCCOc1ccc(C2NC(=O)c3oc4ccc(Cl)cc4c(=O)c32)cc1OCC. The maximum atomic E-state index is 13.2. The van der Waals surface area contributed by atoms with Crippen LogP contribution in [0.3, 0.4) is 0 Å². The van der Waals surface area contributed by atoms with Gasteiger partial charge in [-0.05, 0) is 49.2 Å². The Morgan fingerprint density at radius 3 is 2.66 bits per heavy atom. The Hall–Kier alpha value is -2.99. The average molecular weight is 414 g/mol. The van der Waals surface area contributed by atoms with Crippen molar-refractivity contribution in [1.29, 1.82) is 0 Å². The zero-order valence-electron chi connectivity index (χ0n) is 16.1. The second kappa shape index (κ2) is 7.79. The molecule has 1 unspecified atom stereocenters. The van der Waals surface area contributed by atoms with Crippen molar-refractivity contribution in [3.8, 4) is 11.5 Å². The van der Waals surface area contributed by atoms with Crippen molar-refractivity contribution < 1.29 is 18.7 Å². The molecule has 3 aromatic rings. The van der Waals surface area contributed by atoms with E-state index in [4.69, 9.17) is 25.5 Å². The van der Waals surface area contributed by atoms with E-state index in [0.29, 0.717) is 46.3 Å². The van der Waals surface area contributed by atoms with E-state index in [9.17, 15) is 9.59 Å². The lowest BCUT2D eigenvalue weighted by atomic mass is 9.99. The third-order valence-electron chi connectivity index (χ3n) is 4.72. The number of fused-ring (bicyclic) bond motifs is 2. The summed E-state index contributed by atoms with van der Waals surface area (Å²) in [6.45, 7) is 4.94. The highest BCUT2D eigenvalue weighted by molar-refractivity contribution is 6.31. The summed E-state index contributed by atoms with van der Waals surface area (Å²) in [6, 6.07) is 9.51. The Morgan fingerprint density at radius 1 is 1.07 bits per heavy atom. The zero-order valence-corrected chi connectivity index (χ0v) is 16.8. The van der Waals surface area contributed by atoms with E-state index in [2.05, 4.69) is 5.32 Å². The van der Waals surface area contributed by atoms with Gasteiger partial charge in [0.15, 0.2) is 16.9 Å². The fraction of sp³-hybridized carbons (Fsp3) is 0.273. The van der Waals surface area contributed by atoms with Gasteiger partial charge in [0.25, 0.3) is 5.91 Å². The molecule has 7 heteroatoms. The van der Waals surface area contributed by atoms with E-state index in [1.54, 1.807) is 30.3 Å². The molecule has 1 amide bonds. The average Bonchev–Trinajstić information content (AvgIpc) is 3.05. The van der Waals surface area contributed by atoms with E-state index in [1.807, 2.05) is 19.9 Å². The molecule has 1 aliphatic heterocycles. The molecule has 0 saturated carbocycles. The minimum Gasteiger partial charge on any atom is -0.490 e. The maximum Gasteiger partial charge on any atom is 0.288 e. The van der Waals surface area contributed by atoms with Crippen molar-refractivity contribution in [3.63, 3.8) is 0 Å². The molecule has 1 atom stereocenters. The summed E-state index contributed by atoms with van der Waals surface area (Å²) in [7, 11) is 0. The van der Waals surface area contributed by atoms with E-state index in [1.165, 1.54) is 0 Å². The van der Waals surface area contributed by atoms with Crippen molar-refractivity contribution in [3.05, 3.63) is 68.5 Å². The number of carbonyl (C=O) groups excluding carboxylic acids is 1. The number of amides is 1. The first kappa shape index (κ1) is 19.3. The highest BCUT2D eigenvalue weighted by Crippen LogP contribution is 2.36. The Bertz CT molecular complexity index is 1150. The molecule has 29 heavy (non-hydrogen) atoms. The zero-order chi connectivity index (χ0) is 20.5. The van der Waals surface area contributed by atoms with Gasteiger partial charge in [0.05, 0.1) is 30.2 Å². The van der Waals surface area contributed by atoms with Crippen LogP contribution >= 0.6 is 11.6 Å². The van der Waals surface area contributed by atoms with Gasteiger partial charge in [-0.25, -0.2) is 0 Å². The first-order chi connectivity index (χ1) is 14.0. The number of hydrogen-bond donors (Lipinski definition) is 1. The molecule has 0 fully saturated rings. The molecule has 2 heterocycles. The molecule has 150 valence electrons. The molecular formula is C22H20ClNO5. The molecule has 6 nitrogen and oxygen atoms in total. The largest absolute Gasteiger partial charge is 0.490 e. The van der Waals surface area contributed by atoms with Gasteiger partial charge in [-0.3, -0.25) is 9.59 Å². The lowest BCUT2D eigenvalue weighted by Gasteiger charge is -2.16. The molecule has 0 aliphatic carbocycles. The van der Waals surface area contributed by atoms with E-state index < -0.39 is 11.9 Å². The lowest BCUT2D eigenvalue weighted by Crippen LogP contribution is -2.22. The van der Waals surface area contributed by atoms with Crippen LogP contribution in [0.25, 0.3) is 11.0 Å². The van der Waals surface area contributed by atoms with Gasteiger partial charge in [0.2, 0.25) is 5.76 Å². The van der Waals surface area contributed by atoms with Gasteiger partial charge >= 0.3 is 0 Å². The van der Waals surface area contributed by atoms with Crippen molar-refractivity contribution in [1.82, 2.24) is 5.32 Å². The fourth-order valence-electron chi connectivity index (χ4n) is 3.44. The quantitative estimate of drug-likeness (QED) is 0.645. The number of hydrogen-bond acceptors (Lipinski definition) is 5. The summed E-state index contributed by atoms with van der Waals surface area (Å²) in [6.07, 6.45) is 0.871. The normalized spacial score (nSPS) is 15.3. The molecular weight excluding hydrogens is 394 g/mol. The van der Waals surface area contributed by atoms with Crippen LogP contribution in [0.2, 0.25) is 5.02 Å². The number of halogens is 1. The van der Waals surface area contributed by atoms with Crippen LogP contribution in [-0.4, -0.2) is 19.1 Å². The van der Waals surface area contributed by atoms with Crippen LogP contribution in [0.1, 0.15) is 48.0 Å². The summed E-state index contributed by atoms with van der Waals surface area (Å²) >= 11 is 6.04. The van der Waals surface area contributed by atoms with Crippen molar-refractivity contribution >= 4 is 28.5 Å². The molecule has 0 radical (unpaired) electrons. The Balaban J connectivity index is 1.83. The standard InChI is InChI=1S/C22H20ClNO5/c1-3-9-28-16-7-5-12(10-17(16)27-4-2)19-18-20(25)14-11-13(23)6-8-15(14)29-21(18)22(26)24-19/h5-8,10-11,19H,3-4,9H2,1-2H3,(H,24,26). The fourth-order valence-corrected chi connectivity index (χ4v) is 3.61. The minimum atomic E-state index is -0.642. The predicted molar refractivity (Wildman–Crippen MR) is 110 cm³/mol. The molecule has 2 aromatic carbocycles. The van der Waals surface area contributed by atoms with Gasteiger partial charge in [0, 0.05) is 5.02 Å². The predicted octanol–water partition coefficient (Wildman–Crippen LogP) is 4.47. The molecule has 0 bridgehead atoms. The van der Waals surface area contributed by atoms with Crippen LogP contribution in [-0.2, 0) is 0 Å². The summed E-state index contributed by atoms with van der Waals surface area (Å²) in [5, 5.41) is 3.60. The van der Waals surface area contributed by atoms with Crippen molar-refractivity contribution in [2.45, 2.75) is 26.3 Å². The van der Waals surface area contributed by atoms with Crippen LogP contribution in [0.15, 0.2) is 45.6 Å². The minimum absolute atomic E-state index is 0.0269. The summed E-state index contributed by atoms with van der Waals surface area (Å²) in [5.74, 6) is 0.788. The first-order valence-electron chi connectivity index (χ1n) is 9.50. The maximum absolute atomic E-state index is 13.2. The summed E-state index contributed by atoms with van der Waals surface area (Å²) < 4.78 is 17.2. The topological polar surface area (TPSA) is 77.8 Å². The monoisotopic (exact) mass is 413 g/mol. The molecule has 0 spiro atoms. The molecule has 1 N–H and O–H groups in total. The summed E-state index contributed by atoms with van der Waals surface area (Å²) in [5.41, 5.74) is 1.02. The smallest absolute Gasteiger partial charge is 0.288 e. The highest BCUT2D eigenvalue weighted by Gasteiger charge is 2.36. The van der Waals surface area contributed by atoms with Gasteiger partial charge in [0.1, 0.15) is 5.58 Å².